The van der Waals surface area contributed by atoms with E-state index in [0.717, 1.165) is 24.1 Å². The predicted octanol–water partition coefficient (Wildman–Crippen LogP) is 4.32. The molecule has 1 unspecified atom stereocenters. The van der Waals surface area contributed by atoms with Crippen LogP contribution in [0.25, 0.3) is 0 Å². The number of carbonyl (C=O) groups is 1. The number of hydrogen-bond donors (Lipinski definition) is 0. The Morgan fingerprint density at radius 1 is 1.07 bits per heavy atom. The van der Waals surface area contributed by atoms with E-state index in [1.807, 2.05) is 24.3 Å². The van der Waals surface area contributed by atoms with Crippen LogP contribution >= 0.6 is 0 Å². The number of aryl methyl sites for hydroxylation is 1. The summed E-state index contributed by atoms with van der Waals surface area (Å²) in [6.07, 6.45) is 5.35. The molecule has 2 aromatic carbocycles. The molecule has 5 heteroatoms. The fourth-order valence-corrected chi connectivity index (χ4v) is 4.08. The van der Waals surface area contributed by atoms with Crippen LogP contribution in [0.1, 0.15) is 39.6 Å². The van der Waals surface area contributed by atoms with Gasteiger partial charge in [-0.05, 0) is 42.2 Å². The number of ether oxygens (including phenoxy) is 2. The molecule has 0 spiro atoms. The molecule has 0 radical (unpaired) electrons. The summed E-state index contributed by atoms with van der Waals surface area (Å²) in [6.45, 7) is 0.514. The van der Waals surface area contributed by atoms with E-state index in [1.54, 1.807) is 30.5 Å². The van der Waals surface area contributed by atoms with Crippen LogP contribution in [-0.2, 0) is 13.0 Å². The van der Waals surface area contributed by atoms with Crippen LogP contribution in [0.15, 0.2) is 60.9 Å². The molecular formula is C23H20N2O3. The second-order valence-corrected chi connectivity index (χ2v) is 7.10. The van der Waals surface area contributed by atoms with Crippen molar-refractivity contribution in [2.75, 3.05) is 12.0 Å². The average Bonchev–Trinajstić information content (AvgIpc) is 3.30. The molecule has 0 saturated heterocycles. The summed E-state index contributed by atoms with van der Waals surface area (Å²) in [7, 11) is 1.63. The van der Waals surface area contributed by atoms with Gasteiger partial charge in [-0.2, -0.15) is 0 Å². The van der Waals surface area contributed by atoms with Gasteiger partial charge in [0.2, 0.25) is 0 Å². The van der Waals surface area contributed by atoms with Gasteiger partial charge < -0.3 is 14.4 Å². The molecule has 3 aromatic rings. The largest absolute Gasteiger partial charge is 0.493 e. The highest BCUT2D eigenvalue weighted by Crippen LogP contribution is 2.40. The summed E-state index contributed by atoms with van der Waals surface area (Å²) in [5, 5.41) is 0. The third-order valence-electron chi connectivity index (χ3n) is 5.51. The lowest BCUT2D eigenvalue weighted by atomic mass is 10.1. The van der Waals surface area contributed by atoms with E-state index >= 15 is 0 Å². The third-order valence-corrected chi connectivity index (χ3v) is 5.51. The van der Waals surface area contributed by atoms with Crippen molar-refractivity contribution in [3.63, 3.8) is 0 Å². The first-order chi connectivity index (χ1) is 13.7. The summed E-state index contributed by atoms with van der Waals surface area (Å²) in [4.78, 5) is 18.7. The predicted molar refractivity (Wildman–Crippen MR) is 106 cm³/mol. The number of rotatable bonds is 4. The van der Waals surface area contributed by atoms with Gasteiger partial charge in [0.05, 0.1) is 13.7 Å². The Bertz CT molecular complexity index is 1060. The molecule has 1 aliphatic heterocycles. The first-order valence-corrected chi connectivity index (χ1v) is 9.42. The van der Waals surface area contributed by atoms with Gasteiger partial charge in [-0.1, -0.05) is 24.3 Å². The van der Waals surface area contributed by atoms with Crippen molar-refractivity contribution >= 4 is 11.6 Å². The van der Waals surface area contributed by atoms with E-state index in [-0.39, 0.29) is 12.0 Å². The lowest BCUT2D eigenvalue weighted by molar-refractivity contribution is 0.0996. The number of nitrogens with zero attached hydrogens (tertiary/aromatic N) is 2. The second-order valence-electron chi connectivity index (χ2n) is 7.10. The van der Waals surface area contributed by atoms with Crippen LogP contribution in [-0.4, -0.2) is 18.0 Å². The van der Waals surface area contributed by atoms with Gasteiger partial charge in [-0.15, -0.1) is 0 Å². The van der Waals surface area contributed by atoms with E-state index in [1.165, 1.54) is 11.1 Å². The van der Waals surface area contributed by atoms with Crippen LogP contribution in [0, 0.1) is 0 Å². The SMILES string of the molecule is COc1ccc(N2Cc3cnccc3C2=O)cc1OC1CCc2ccccc21. The maximum atomic E-state index is 12.8. The van der Waals surface area contributed by atoms with E-state index in [9.17, 15) is 4.79 Å². The van der Waals surface area contributed by atoms with Crippen molar-refractivity contribution in [3.8, 4) is 11.5 Å². The van der Waals surface area contributed by atoms with Crippen molar-refractivity contribution in [2.45, 2.75) is 25.5 Å². The second kappa shape index (κ2) is 6.68. The van der Waals surface area contributed by atoms with Gasteiger partial charge in [-0.3, -0.25) is 9.78 Å². The summed E-state index contributed by atoms with van der Waals surface area (Å²) < 4.78 is 11.9. The Morgan fingerprint density at radius 2 is 1.96 bits per heavy atom. The number of anilines is 1. The Hall–Kier alpha value is -3.34. The first-order valence-electron chi connectivity index (χ1n) is 9.42. The molecule has 28 heavy (non-hydrogen) atoms. The minimum absolute atomic E-state index is 0.00368. The van der Waals surface area contributed by atoms with Gasteiger partial charge >= 0.3 is 0 Å². The number of hydrogen-bond acceptors (Lipinski definition) is 4. The summed E-state index contributed by atoms with van der Waals surface area (Å²) >= 11 is 0. The summed E-state index contributed by atoms with van der Waals surface area (Å²) in [6, 6.07) is 15.8. The molecule has 5 nitrogen and oxygen atoms in total. The fourth-order valence-electron chi connectivity index (χ4n) is 4.08. The lowest BCUT2D eigenvalue weighted by Crippen LogP contribution is -2.23. The molecule has 0 saturated carbocycles. The molecule has 1 aromatic heterocycles. The molecular weight excluding hydrogens is 352 g/mol. The van der Waals surface area contributed by atoms with Crippen molar-refractivity contribution in [2.24, 2.45) is 0 Å². The molecule has 2 heterocycles. The highest BCUT2D eigenvalue weighted by atomic mass is 16.5. The molecule has 2 aliphatic rings. The topological polar surface area (TPSA) is 51.7 Å². The van der Waals surface area contributed by atoms with Gasteiger partial charge in [0.1, 0.15) is 6.10 Å². The van der Waals surface area contributed by atoms with E-state index in [2.05, 4.69) is 23.2 Å². The quantitative estimate of drug-likeness (QED) is 0.685. The van der Waals surface area contributed by atoms with Gasteiger partial charge in [0, 0.05) is 35.3 Å². The van der Waals surface area contributed by atoms with Crippen molar-refractivity contribution in [1.82, 2.24) is 4.98 Å². The number of carbonyl (C=O) groups excluding carboxylic acids is 1. The van der Waals surface area contributed by atoms with Gasteiger partial charge in [-0.25, -0.2) is 0 Å². The highest BCUT2D eigenvalue weighted by Gasteiger charge is 2.30. The number of methoxy groups -OCH3 is 1. The average molecular weight is 372 g/mol. The van der Waals surface area contributed by atoms with Crippen LogP contribution in [0.5, 0.6) is 11.5 Å². The summed E-state index contributed by atoms with van der Waals surface area (Å²) in [5.74, 6) is 1.31. The van der Waals surface area contributed by atoms with Crippen molar-refractivity contribution in [1.29, 1.82) is 0 Å². The van der Waals surface area contributed by atoms with Crippen molar-refractivity contribution in [3.05, 3.63) is 83.2 Å². The van der Waals surface area contributed by atoms with E-state index < -0.39 is 0 Å². The number of benzene rings is 2. The zero-order valence-electron chi connectivity index (χ0n) is 15.6. The molecule has 0 bridgehead atoms. The molecule has 1 amide bonds. The standard InChI is InChI=1S/C23H20N2O3/c1-27-21-9-7-17(25-14-16-13-24-11-10-19(16)23(25)26)12-22(21)28-20-8-6-15-4-2-3-5-18(15)20/h2-5,7,9-13,20H,6,8,14H2,1H3. The summed E-state index contributed by atoms with van der Waals surface area (Å²) in [5.41, 5.74) is 5.00. The Labute approximate surface area is 163 Å². The molecule has 140 valence electrons. The molecule has 0 fully saturated rings. The van der Waals surface area contributed by atoms with E-state index in [0.29, 0.717) is 23.6 Å². The van der Waals surface area contributed by atoms with Crippen molar-refractivity contribution < 1.29 is 14.3 Å². The lowest BCUT2D eigenvalue weighted by Gasteiger charge is -2.21. The van der Waals surface area contributed by atoms with E-state index in [4.69, 9.17) is 9.47 Å². The van der Waals surface area contributed by atoms with Crippen LogP contribution in [0.3, 0.4) is 0 Å². The molecule has 0 N–H and O–H groups in total. The normalized spacial score (nSPS) is 17.4. The van der Waals surface area contributed by atoms with Gasteiger partial charge in [0.25, 0.3) is 5.91 Å². The molecule has 1 atom stereocenters. The van der Waals surface area contributed by atoms with Crippen LogP contribution < -0.4 is 14.4 Å². The highest BCUT2D eigenvalue weighted by molar-refractivity contribution is 6.10. The zero-order valence-corrected chi connectivity index (χ0v) is 15.6. The molecule has 5 rings (SSSR count). The van der Waals surface area contributed by atoms with Crippen LogP contribution in [0.4, 0.5) is 5.69 Å². The smallest absolute Gasteiger partial charge is 0.259 e. The monoisotopic (exact) mass is 372 g/mol. The van der Waals surface area contributed by atoms with Gasteiger partial charge in [0.15, 0.2) is 11.5 Å². The fraction of sp³-hybridized carbons (Fsp3) is 0.217. The molecule has 1 aliphatic carbocycles. The Kier molecular flexibility index (Phi) is 4.01. The maximum Gasteiger partial charge on any atom is 0.259 e. The number of aromatic nitrogens is 1. The number of pyridine rings is 1. The maximum absolute atomic E-state index is 12.8. The first kappa shape index (κ1) is 16.8. The minimum Gasteiger partial charge on any atom is -0.493 e. The van der Waals surface area contributed by atoms with Crippen LogP contribution in [0.2, 0.25) is 0 Å². The Morgan fingerprint density at radius 3 is 2.82 bits per heavy atom. The minimum atomic E-state index is -0.0141. The number of amides is 1. The Balaban J connectivity index is 1.46. The number of fused-ring (bicyclic) bond motifs is 2. The zero-order chi connectivity index (χ0) is 19.1. The third kappa shape index (κ3) is 2.71.